The molecule has 0 bridgehead atoms. The van der Waals surface area contributed by atoms with E-state index >= 15 is 0 Å². The average Bonchev–Trinajstić information content (AvgIpc) is 2.61. The normalized spacial score (nSPS) is 22.8. The highest BCUT2D eigenvalue weighted by Gasteiger charge is 2.38. The van der Waals surface area contributed by atoms with Crippen LogP contribution in [0.4, 0.5) is 0 Å². The van der Waals surface area contributed by atoms with Crippen LogP contribution in [-0.4, -0.2) is 11.7 Å². The molecule has 26 heavy (non-hydrogen) atoms. The summed E-state index contributed by atoms with van der Waals surface area (Å²) in [5, 5.41) is 3.95. The molecule has 0 saturated heterocycles. The van der Waals surface area contributed by atoms with E-state index < -0.39 is 0 Å². The van der Waals surface area contributed by atoms with Crippen LogP contribution in [0.2, 0.25) is 10.0 Å². The van der Waals surface area contributed by atoms with Crippen molar-refractivity contribution in [1.82, 2.24) is 5.32 Å². The van der Waals surface area contributed by atoms with Gasteiger partial charge in [0.1, 0.15) is 0 Å². The molecule has 0 spiro atoms. The number of ketones is 1. The zero-order chi connectivity index (χ0) is 18.3. The van der Waals surface area contributed by atoms with Gasteiger partial charge in [-0.05, 0) is 35.6 Å². The van der Waals surface area contributed by atoms with Crippen LogP contribution in [0.3, 0.4) is 0 Å². The fourth-order valence-electron chi connectivity index (χ4n) is 3.97. The van der Waals surface area contributed by atoms with E-state index in [0.717, 1.165) is 16.8 Å². The van der Waals surface area contributed by atoms with Crippen LogP contribution in [0, 0.1) is 0 Å². The Morgan fingerprint density at radius 3 is 2.42 bits per heavy atom. The van der Waals surface area contributed by atoms with Crippen molar-refractivity contribution in [3.63, 3.8) is 0 Å². The molecule has 1 aliphatic carbocycles. The Balaban J connectivity index is 1.75. The Kier molecular flexibility index (Phi) is 4.60. The number of allylic oxidation sites excluding steroid dienone is 2. The Bertz CT molecular complexity index is 921. The molecule has 1 heterocycles. The molecule has 1 amide bonds. The van der Waals surface area contributed by atoms with Crippen LogP contribution in [0.15, 0.2) is 59.8 Å². The summed E-state index contributed by atoms with van der Waals surface area (Å²) in [7, 11) is 0. The van der Waals surface area contributed by atoms with Crippen LogP contribution < -0.4 is 5.32 Å². The number of rotatable bonds is 2. The predicted molar refractivity (Wildman–Crippen MR) is 102 cm³/mol. The number of amides is 1. The van der Waals surface area contributed by atoms with E-state index in [1.54, 1.807) is 12.1 Å². The number of halogens is 2. The molecule has 0 aromatic heterocycles. The Morgan fingerprint density at radius 1 is 0.923 bits per heavy atom. The Hall–Kier alpha value is -2.10. The summed E-state index contributed by atoms with van der Waals surface area (Å²) in [4.78, 5) is 25.3. The van der Waals surface area contributed by atoms with E-state index in [1.807, 2.05) is 36.4 Å². The fraction of sp³-hybridized carbons (Fsp3) is 0.238. The quantitative estimate of drug-likeness (QED) is 0.790. The number of hydrogen-bond donors (Lipinski definition) is 1. The van der Waals surface area contributed by atoms with Gasteiger partial charge in [-0.1, -0.05) is 59.6 Å². The average molecular weight is 386 g/mol. The molecule has 3 nitrogen and oxygen atoms in total. The van der Waals surface area contributed by atoms with Gasteiger partial charge >= 0.3 is 0 Å². The number of Topliss-reactive ketones (excluding diaryl/α,β-unsaturated/α-hetero) is 1. The van der Waals surface area contributed by atoms with Gasteiger partial charge in [-0.2, -0.15) is 0 Å². The zero-order valence-electron chi connectivity index (χ0n) is 14.0. The molecule has 5 heteroatoms. The van der Waals surface area contributed by atoms with Crippen LogP contribution in [0.25, 0.3) is 0 Å². The van der Waals surface area contributed by atoms with Gasteiger partial charge in [0.2, 0.25) is 5.91 Å². The smallest absolute Gasteiger partial charge is 0.225 e. The van der Waals surface area contributed by atoms with Gasteiger partial charge in [0.05, 0.1) is 0 Å². The largest absolute Gasteiger partial charge is 0.329 e. The van der Waals surface area contributed by atoms with E-state index in [0.29, 0.717) is 28.5 Å². The Labute approximate surface area is 162 Å². The lowest BCUT2D eigenvalue weighted by Crippen LogP contribution is -2.38. The van der Waals surface area contributed by atoms with Gasteiger partial charge in [-0.25, -0.2) is 0 Å². The molecule has 0 radical (unpaired) electrons. The van der Waals surface area contributed by atoms with Crippen LogP contribution in [-0.2, 0) is 9.59 Å². The van der Waals surface area contributed by atoms with Gasteiger partial charge in [-0.3, -0.25) is 9.59 Å². The van der Waals surface area contributed by atoms with Crippen molar-refractivity contribution in [3.8, 4) is 0 Å². The predicted octanol–water partition coefficient (Wildman–Crippen LogP) is 5.00. The van der Waals surface area contributed by atoms with Crippen LogP contribution in [0.1, 0.15) is 42.2 Å². The highest BCUT2D eigenvalue weighted by Crippen LogP contribution is 2.44. The summed E-state index contributed by atoms with van der Waals surface area (Å²) >= 11 is 12.4. The van der Waals surface area contributed by atoms with Crippen molar-refractivity contribution < 1.29 is 9.59 Å². The second-order valence-electron chi connectivity index (χ2n) is 6.80. The van der Waals surface area contributed by atoms with E-state index in [1.165, 1.54) is 0 Å². The van der Waals surface area contributed by atoms with Crippen molar-refractivity contribution in [1.29, 1.82) is 0 Å². The molecule has 1 N–H and O–H groups in total. The fourth-order valence-corrected chi connectivity index (χ4v) is 4.51. The molecule has 0 fully saturated rings. The summed E-state index contributed by atoms with van der Waals surface area (Å²) in [5.41, 5.74) is 3.33. The molecule has 132 valence electrons. The van der Waals surface area contributed by atoms with E-state index in [4.69, 9.17) is 23.2 Å². The minimum absolute atomic E-state index is 0.0797. The Morgan fingerprint density at radius 2 is 1.69 bits per heavy atom. The van der Waals surface area contributed by atoms with Crippen molar-refractivity contribution in [2.75, 3.05) is 0 Å². The highest BCUT2D eigenvalue weighted by atomic mass is 35.5. The first-order valence-corrected chi connectivity index (χ1v) is 9.34. The molecule has 2 aromatic carbocycles. The maximum absolute atomic E-state index is 13.0. The van der Waals surface area contributed by atoms with E-state index in [-0.39, 0.29) is 29.9 Å². The molecule has 2 aromatic rings. The van der Waals surface area contributed by atoms with Gasteiger partial charge in [-0.15, -0.1) is 0 Å². The highest BCUT2D eigenvalue weighted by molar-refractivity contribution is 6.35. The minimum Gasteiger partial charge on any atom is -0.329 e. The number of carbonyl (C=O) groups is 2. The lowest BCUT2D eigenvalue weighted by atomic mass is 9.73. The van der Waals surface area contributed by atoms with Crippen molar-refractivity contribution in [3.05, 3.63) is 81.0 Å². The summed E-state index contributed by atoms with van der Waals surface area (Å²) in [6, 6.07) is 15.2. The molecular formula is C21H17Cl2NO2. The molecule has 4 rings (SSSR count). The third kappa shape index (κ3) is 3.17. The molecule has 2 unspecified atom stereocenters. The first-order valence-electron chi connectivity index (χ1n) is 8.59. The third-order valence-electron chi connectivity index (χ3n) is 5.15. The monoisotopic (exact) mass is 385 g/mol. The number of hydrogen-bond acceptors (Lipinski definition) is 2. The van der Waals surface area contributed by atoms with Crippen LogP contribution >= 0.6 is 23.2 Å². The number of carbonyl (C=O) groups excluding carboxylic acids is 2. The molecule has 2 atom stereocenters. The van der Waals surface area contributed by atoms with E-state index in [9.17, 15) is 9.59 Å². The number of benzene rings is 2. The first-order chi connectivity index (χ1) is 12.5. The van der Waals surface area contributed by atoms with Crippen molar-refractivity contribution >= 4 is 34.9 Å². The molecular weight excluding hydrogens is 369 g/mol. The summed E-state index contributed by atoms with van der Waals surface area (Å²) in [6.07, 6.45) is 1.32. The second kappa shape index (κ2) is 6.90. The summed E-state index contributed by atoms with van der Waals surface area (Å²) < 4.78 is 0. The standard InChI is InChI=1S/C21H17Cl2NO2/c22-14-6-7-15(17(23)10-14)16-11-20(26)24-18-8-13(9-19(25)21(16)18)12-4-2-1-3-5-12/h1-7,10,13,16H,8-9,11H2,(H,24,26). The zero-order valence-corrected chi connectivity index (χ0v) is 15.5. The summed E-state index contributed by atoms with van der Waals surface area (Å²) in [5.74, 6) is -0.229. The maximum Gasteiger partial charge on any atom is 0.225 e. The van der Waals surface area contributed by atoms with E-state index in [2.05, 4.69) is 5.32 Å². The van der Waals surface area contributed by atoms with Crippen LogP contribution in [0.5, 0.6) is 0 Å². The van der Waals surface area contributed by atoms with Gasteiger partial charge in [0, 0.05) is 40.1 Å². The van der Waals surface area contributed by atoms with Gasteiger partial charge in [0.25, 0.3) is 0 Å². The molecule has 0 saturated carbocycles. The summed E-state index contributed by atoms with van der Waals surface area (Å²) in [6.45, 7) is 0. The SMILES string of the molecule is O=C1CC(c2ccc(Cl)cc2Cl)C2=C(CC(c3ccccc3)CC2=O)N1. The second-order valence-corrected chi connectivity index (χ2v) is 7.65. The molecule has 1 aliphatic heterocycles. The van der Waals surface area contributed by atoms with Crippen molar-refractivity contribution in [2.45, 2.75) is 31.1 Å². The van der Waals surface area contributed by atoms with Gasteiger partial charge < -0.3 is 5.32 Å². The topological polar surface area (TPSA) is 46.2 Å². The lowest BCUT2D eigenvalue weighted by molar-refractivity contribution is -0.122. The first kappa shape index (κ1) is 17.3. The van der Waals surface area contributed by atoms with Gasteiger partial charge in [0.15, 0.2) is 5.78 Å². The molecule has 2 aliphatic rings. The third-order valence-corrected chi connectivity index (χ3v) is 5.71. The maximum atomic E-state index is 13.0. The lowest BCUT2D eigenvalue weighted by Gasteiger charge is -2.34. The minimum atomic E-state index is -0.312. The van der Waals surface area contributed by atoms with Crippen molar-refractivity contribution in [2.24, 2.45) is 0 Å². The number of nitrogens with one attached hydrogen (secondary N) is 1.